The van der Waals surface area contributed by atoms with Crippen molar-refractivity contribution in [2.24, 2.45) is 0 Å². The molecular formula is C19H21NS. The van der Waals surface area contributed by atoms with E-state index < -0.39 is 0 Å². The lowest BCUT2D eigenvalue weighted by Crippen LogP contribution is -2.11. The quantitative estimate of drug-likeness (QED) is 0.445. The minimum Gasteiger partial charge on any atom is -0.377 e. The molecule has 2 rings (SSSR count). The normalized spacial score (nSPS) is 10.8. The smallest absolute Gasteiger partial charge is 0.0449 e. The van der Waals surface area contributed by atoms with Crippen LogP contribution in [0.4, 0.5) is 5.69 Å². The molecule has 0 heterocycles. The highest BCUT2D eigenvalue weighted by molar-refractivity contribution is 7.81. The van der Waals surface area contributed by atoms with E-state index in [-0.39, 0.29) is 0 Å². The lowest BCUT2D eigenvalue weighted by atomic mass is 10.0. The molecule has 0 aliphatic carbocycles. The van der Waals surface area contributed by atoms with Crippen LogP contribution in [0.1, 0.15) is 23.6 Å². The number of hydrogen-bond donors (Lipinski definition) is 0. The van der Waals surface area contributed by atoms with Crippen LogP contribution < -0.4 is 4.90 Å². The van der Waals surface area contributed by atoms with Gasteiger partial charge < -0.3 is 4.90 Å². The summed E-state index contributed by atoms with van der Waals surface area (Å²) in [6.45, 7) is 2.18. The summed E-state index contributed by atoms with van der Waals surface area (Å²) in [5.74, 6) is 0. The summed E-state index contributed by atoms with van der Waals surface area (Å²) in [5, 5.41) is 0. The van der Waals surface area contributed by atoms with Gasteiger partial charge in [-0.1, -0.05) is 67.7 Å². The Labute approximate surface area is 132 Å². The van der Waals surface area contributed by atoms with Crippen molar-refractivity contribution < 1.29 is 0 Å². The van der Waals surface area contributed by atoms with Crippen molar-refractivity contribution in [1.82, 2.24) is 0 Å². The SMILES string of the molecule is CCc1ccc(C=CC(=S)c2ccccc2)cc1N(C)C. The van der Waals surface area contributed by atoms with Crippen LogP contribution in [0.3, 0.4) is 0 Å². The molecule has 0 spiro atoms. The van der Waals surface area contributed by atoms with Crippen molar-refractivity contribution >= 4 is 28.8 Å². The zero-order valence-electron chi connectivity index (χ0n) is 12.8. The van der Waals surface area contributed by atoms with Crippen LogP contribution >= 0.6 is 12.2 Å². The summed E-state index contributed by atoms with van der Waals surface area (Å²) in [5.41, 5.74) is 4.89. The molecular weight excluding hydrogens is 274 g/mol. The first-order valence-corrected chi connectivity index (χ1v) is 7.60. The molecule has 0 atom stereocenters. The molecule has 0 aliphatic heterocycles. The van der Waals surface area contributed by atoms with Gasteiger partial charge in [-0.25, -0.2) is 0 Å². The van der Waals surface area contributed by atoms with Gasteiger partial charge in [0.1, 0.15) is 0 Å². The molecule has 21 heavy (non-hydrogen) atoms. The number of allylic oxidation sites excluding steroid dienone is 1. The molecule has 0 bridgehead atoms. The van der Waals surface area contributed by atoms with Crippen LogP contribution in [-0.2, 0) is 6.42 Å². The molecule has 0 saturated carbocycles. The summed E-state index contributed by atoms with van der Waals surface area (Å²) < 4.78 is 0. The van der Waals surface area contributed by atoms with Crippen molar-refractivity contribution in [2.75, 3.05) is 19.0 Å². The highest BCUT2D eigenvalue weighted by atomic mass is 32.1. The van der Waals surface area contributed by atoms with Crippen molar-refractivity contribution in [3.8, 4) is 0 Å². The molecule has 0 radical (unpaired) electrons. The van der Waals surface area contributed by atoms with E-state index in [9.17, 15) is 0 Å². The Morgan fingerprint density at radius 1 is 1.10 bits per heavy atom. The average molecular weight is 295 g/mol. The van der Waals surface area contributed by atoms with E-state index in [2.05, 4.69) is 50.2 Å². The zero-order chi connectivity index (χ0) is 15.2. The Bertz CT molecular complexity index is 642. The third-order valence-electron chi connectivity index (χ3n) is 3.46. The molecule has 0 aromatic heterocycles. The lowest BCUT2D eigenvalue weighted by molar-refractivity contribution is 1.06. The summed E-state index contributed by atoms with van der Waals surface area (Å²) in [4.78, 5) is 3.02. The van der Waals surface area contributed by atoms with E-state index in [0.29, 0.717) is 0 Å². The predicted molar refractivity (Wildman–Crippen MR) is 97.3 cm³/mol. The van der Waals surface area contributed by atoms with Crippen LogP contribution in [-0.4, -0.2) is 19.0 Å². The standard InChI is InChI=1S/C19H21NS/c1-4-16-12-10-15(14-18(16)20(2)3)11-13-19(21)17-8-6-5-7-9-17/h5-14H,4H2,1-3H3. The molecule has 0 N–H and O–H groups in total. The summed E-state index contributed by atoms with van der Waals surface area (Å²) >= 11 is 5.46. The number of rotatable bonds is 5. The van der Waals surface area contributed by atoms with Gasteiger partial charge in [-0.2, -0.15) is 0 Å². The van der Waals surface area contributed by atoms with Gasteiger partial charge in [0.05, 0.1) is 0 Å². The first-order chi connectivity index (χ1) is 10.1. The summed E-state index contributed by atoms with van der Waals surface area (Å²) in [6, 6.07) is 16.7. The second-order valence-corrected chi connectivity index (χ2v) is 5.64. The molecule has 0 fully saturated rings. The van der Waals surface area contributed by atoms with Gasteiger partial charge in [0.2, 0.25) is 0 Å². The predicted octanol–water partition coefficient (Wildman–Crippen LogP) is 4.75. The first-order valence-electron chi connectivity index (χ1n) is 7.19. The fourth-order valence-corrected chi connectivity index (χ4v) is 2.47. The van der Waals surface area contributed by atoms with Gasteiger partial charge in [-0.15, -0.1) is 0 Å². The zero-order valence-corrected chi connectivity index (χ0v) is 13.7. The van der Waals surface area contributed by atoms with Crippen molar-refractivity contribution in [1.29, 1.82) is 0 Å². The monoisotopic (exact) mass is 295 g/mol. The number of nitrogens with zero attached hydrogens (tertiary/aromatic N) is 1. The molecule has 1 nitrogen and oxygen atoms in total. The maximum atomic E-state index is 5.46. The number of anilines is 1. The number of thiocarbonyl (C=S) groups is 1. The maximum absolute atomic E-state index is 5.46. The van der Waals surface area contributed by atoms with Crippen LogP contribution in [0.25, 0.3) is 6.08 Å². The third kappa shape index (κ3) is 4.02. The molecule has 0 unspecified atom stereocenters. The van der Waals surface area contributed by atoms with Crippen molar-refractivity contribution in [3.05, 3.63) is 71.3 Å². The summed E-state index contributed by atoms with van der Waals surface area (Å²) in [6.07, 6.45) is 5.13. The molecule has 2 aromatic rings. The van der Waals surface area contributed by atoms with E-state index >= 15 is 0 Å². The first kappa shape index (κ1) is 15.5. The van der Waals surface area contributed by atoms with Gasteiger partial charge in [0, 0.05) is 24.6 Å². The van der Waals surface area contributed by atoms with E-state index in [0.717, 1.165) is 16.8 Å². The molecule has 0 amide bonds. The van der Waals surface area contributed by atoms with Gasteiger partial charge in [0.15, 0.2) is 0 Å². The largest absolute Gasteiger partial charge is 0.377 e. The Balaban J connectivity index is 2.22. The fraction of sp³-hybridized carbons (Fsp3) is 0.211. The molecule has 108 valence electrons. The Morgan fingerprint density at radius 2 is 1.81 bits per heavy atom. The Morgan fingerprint density at radius 3 is 2.43 bits per heavy atom. The van der Waals surface area contributed by atoms with Crippen LogP contribution in [0.5, 0.6) is 0 Å². The second-order valence-electron chi connectivity index (χ2n) is 5.20. The molecule has 2 heteroatoms. The fourth-order valence-electron chi connectivity index (χ4n) is 2.27. The van der Waals surface area contributed by atoms with E-state index in [1.807, 2.05) is 36.4 Å². The van der Waals surface area contributed by atoms with Gasteiger partial charge >= 0.3 is 0 Å². The Kier molecular flexibility index (Phi) is 5.29. The molecule has 0 aliphatic rings. The minimum atomic E-state index is 0.863. The minimum absolute atomic E-state index is 0.863. The number of benzene rings is 2. The average Bonchev–Trinajstić information content (AvgIpc) is 2.53. The van der Waals surface area contributed by atoms with Crippen molar-refractivity contribution in [2.45, 2.75) is 13.3 Å². The van der Waals surface area contributed by atoms with Crippen LogP contribution in [0.15, 0.2) is 54.6 Å². The molecule has 0 saturated heterocycles. The number of hydrogen-bond acceptors (Lipinski definition) is 2. The van der Waals surface area contributed by atoms with E-state index in [4.69, 9.17) is 12.2 Å². The van der Waals surface area contributed by atoms with Gasteiger partial charge in [0.25, 0.3) is 0 Å². The number of aryl methyl sites for hydroxylation is 1. The van der Waals surface area contributed by atoms with Crippen LogP contribution in [0, 0.1) is 0 Å². The van der Waals surface area contributed by atoms with E-state index in [1.165, 1.54) is 16.8 Å². The topological polar surface area (TPSA) is 3.24 Å². The highest BCUT2D eigenvalue weighted by Gasteiger charge is 2.03. The van der Waals surface area contributed by atoms with Crippen LogP contribution in [0.2, 0.25) is 0 Å². The molecule has 2 aromatic carbocycles. The van der Waals surface area contributed by atoms with Gasteiger partial charge in [-0.3, -0.25) is 0 Å². The lowest BCUT2D eigenvalue weighted by Gasteiger charge is -2.17. The highest BCUT2D eigenvalue weighted by Crippen LogP contribution is 2.22. The van der Waals surface area contributed by atoms with E-state index in [1.54, 1.807) is 0 Å². The Hall–Kier alpha value is -1.93. The van der Waals surface area contributed by atoms with Crippen molar-refractivity contribution in [3.63, 3.8) is 0 Å². The second kappa shape index (κ2) is 7.19. The summed E-state index contributed by atoms with van der Waals surface area (Å²) in [7, 11) is 4.16. The third-order valence-corrected chi connectivity index (χ3v) is 3.83. The van der Waals surface area contributed by atoms with Gasteiger partial charge in [-0.05, 0) is 35.3 Å². The maximum Gasteiger partial charge on any atom is 0.0449 e.